The number of nitrogens with one attached hydrogen (secondary N) is 2. The highest BCUT2D eigenvalue weighted by molar-refractivity contribution is 5.97. The lowest BCUT2D eigenvalue weighted by atomic mass is 10.1. The number of carbonyl (C=O) groups excluding carboxylic acids is 2. The molecule has 0 saturated carbocycles. The van der Waals surface area contributed by atoms with Crippen LogP contribution in [0.2, 0.25) is 0 Å². The van der Waals surface area contributed by atoms with Crippen molar-refractivity contribution in [2.45, 2.75) is 6.04 Å². The van der Waals surface area contributed by atoms with E-state index in [1.54, 1.807) is 24.3 Å². The van der Waals surface area contributed by atoms with E-state index >= 15 is 0 Å². The topological polar surface area (TPSA) is 58.2 Å². The summed E-state index contributed by atoms with van der Waals surface area (Å²) in [5, 5.41) is 5.59. The molecule has 138 valence electrons. The third kappa shape index (κ3) is 5.33. The van der Waals surface area contributed by atoms with Crippen molar-refractivity contribution < 1.29 is 9.59 Å². The van der Waals surface area contributed by atoms with E-state index in [9.17, 15) is 9.59 Å². The first-order valence-electron chi connectivity index (χ1n) is 8.96. The molecule has 0 aliphatic heterocycles. The predicted octanol–water partition coefficient (Wildman–Crippen LogP) is 3.33. The number of benzene rings is 3. The maximum absolute atomic E-state index is 12.7. The quantitative estimate of drug-likeness (QED) is 0.679. The molecular weight excluding hydrogens is 348 g/mol. The largest absolute Gasteiger partial charge is 0.343 e. The van der Waals surface area contributed by atoms with Crippen molar-refractivity contribution in [3.63, 3.8) is 0 Å². The van der Waals surface area contributed by atoms with Gasteiger partial charge in [0.1, 0.15) is 6.04 Å². The Labute approximate surface area is 164 Å². The van der Waals surface area contributed by atoms with Gasteiger partial charge in [0.25, 0.3) is 5.91 Å². The molecule has 28 heavy (non-hydrogen) atoms. The van der Waals surface area contributed by atoms with Crippen LogP contribution >= 0.6 is 0 Å². The summed E-state index contributed by atoms with van der Waals surface area (Å²) in [6.45, 7) is 0.193. The van der Waals surface area contributed by atoms with Crippen LogP contribution < -0.4 is 10.6 Å². The maximum atomic E-state index is 12.7. The first-order valence-corrected chi connectivity index (χ1v) is 8.96. The zero-order chi connectivity index (χ0) is 19.6. The Balaban J connectivity index is 1.69. The molecule has 0 aliphatic carbocycles. The fourth-order valence-corrected chi connectivity index (χ4v) is 2.65. The summed E-state index contributed by atoms with van der Waals surface area (Å²) in [5.74, 6) is 5.31. The molecule has 0 bridgehead atoms. The van der Waals surface area contributed by atoms with Crippen molar-refractivity contribution in [2.24, 2.45) is 0 Å². The van der Waals surface area contributed by atoms with E-state index in [-0.39, 0.29) is 18.4 Å². The third-order valence-electron chi connectivity index (χ3n) is 4.06. The van der Waals surface area contributed by atoms with Gasteiger partial charge in [0.2, 0.25) is 5.91 Å². The number of amides is 2. The Morgan fingerprint density at radius 1 is 0.786 bits per heavy atom. The van der Waals surface area contributed by atoms with Crippen molar-refractivity contribution >= 4 is 11.8 Å². The average Bonchev–Trinajstić information content (AvgIpc) is 2.76. The molecule has 0 fully saturated rings. The number of hydrogen-bond acceptors (Lipinski definition) is 2. The standard InChI is InChI=1S/C24H20N2O2/c27-23(21-16-8-3-9-17-21)26-22(20-14-6-2-7-15-20)24(28)25-18-10-13-19-11-4-1-5-12-19/h1-9,11-12,14-17,22H,18H2,(H,25,28)(H,26,27). The summed E-state index contributed by atoms with van der Waals surface area (Å²) in [5.41, 5.74) is 2.09. The highest BCUT2D eigenvalue weighted by Gasteiger charge is 2.22. The van der Waals surface area contributed by atoms with E-state index in [1.807, 2.05) is 66.7 Å². The van der Waals surface area contributed by atoms with Gasteiger partial charge >= 0.3 is 0 Å². The summed E-state index contributed by atoms with van der Waals surface area (Å²) in [7, 11) is 0. The molecule has 1 unspecified atom stereocenters. The molecule has 2 N–H and O–H groups in total. The molecule has 3 aromatic rings. The van der Waals surface area contributed by atoms with E-state index in [0.717, 1.165) is 5.56 Å². The van der Waals surface area contributed by atoms with Gasteiger partial charge in [0, 0.05) is 11.1 Å². The number of rotatable bonds is 5. The smallest absolute Gasteiger partial charge is 0.252 e. The van der Waals surface area contributed by atoms with E-state index in [1.165, 1.54) is 0 Å². The second-order valence-electron chi connectivity index (χ2n) is 6.07. The van der Waals surface area contributed by atoms with E-state index in [0.29, 0.717) is 11.1 Å². The number of hydrogen-bond donors (Lipinski definition) is 2. The predicted molar refractivity (Wildman–Crippen MR) is 109 cm³/mol. The van der Waals surface area contributed by atoms with Crippen LogP contribution in [0.1, 0.15) is 27.5 Å². The normalized spacial score (nSPS) is 10.9. The van der Waals surface area contributed by atoms with Gasteiger partial charge in [-0.15, -0.1) is 0 Å². The Morgan fingerprint density at radius 3 is 2.00 bits per heavy atom. The summed E-state index contributed by atoms with van der Waals surface area (Å²) in [6.07, 6.45) is 0. The molecule has 4 nitrogen and oxygen atoms in total. The van der Waals surface area contributed by atoms with Crippen LogP contribution in [0.3, 0.4) is 0 Å². The van der Waals surface area contributed by atoms with Crippen LogP contribution in [0.4, 0.5) is 0 Å². The van der Waals surface area contributed by atoms with E-state index in [4.69, 9.17) is 0 Å². The van der Waals surface area contributed by atoms with Crippen LogP contribution in [0.25, 0.3) is 0 Å². The van der Waals surface area contributed by atoms with Gasteiger partial charge < -0.3 is 10.6 Å². The van der Waals surface area contributed by atoms with E-state index in [2.05, 4.69) is 22.5 Å². The minimum Gasteiger partial charge on any atom is -0.343 e. The van der Waals surface area contributed by atoms with Crippen molar-refractivity contribution in [1.82, 2.24) is 10.6 Å². The van der Waals surface area contributed by atoms with Gasteiger partial charge in [-0.05, 0) is 29.8 Å². The van der Waals surface area contributed by atoms with Crippen LogP contribution in [0, 0.1) is 11.8 Å². The Bertz CT molecular complexity index is 975. The molecule has 0 aromatic heterocycles. The molecule has 3 aromatic carbocycles. The molecule has 1 atom stereocenters. The fourth-order valence-electron chi connectivity index (χ4n) is 2.65. The van der Waals surface area contributed by atoms with Crippen LogP contribution in [0.5, 0.6) is 0 Å². The van der Waals surface area contributed by atoms with Crippen molar-refractivity contribution in [1.29, 1.82) is 0 Å². The highest BCUT2D eigenvalue weighted by Crippen LogP contribution is 2.14. The first-order chi connectivity index (χ1) is 13.7. The minimum absolute atomic E-state index is 0.193. The van der Waals surface area contributed by atoms with Crippen LogP contribution in [-0.2, 0) is 4.79 Å². The van der Waals surface area contributed by atoms with Gasteiger partial charge in [0.05, 0.1) is 6.54 Å². The lowest BCUT2D eigenvalue weighted by Gasteiger charge is -2.18. The zero-order valence-corrected chi connectivity index (χ0v) is 15.3. The molecule has 2 amide bonds. The average molecular weight is 368 g/mol. The van der Waals surface area contributed by atoms with Crippen molar-refractivity contribution in [3.8, 4) is 11.8 Å². The highest BCUT2D eigenvalue weighted by atomic mass is 16.2. The first kappa shape index (κ1) is 18.9. The Hall–Kier alpha value is -3.84. The summed E-state index contributed by atoms with van der Waals surface area (Å²) in [4.78, 5) is 25.3. The Kier molecular flexibility index (Phi) is 6.59. The molecule has 4 heteroatoms. The SMILES string of the molecule is O=C(NC(C(=O)NCC#Cc1ccccc1)c1ccccc1)c1ccccc1. The molecule has 0 saturated heterocycles. The molecule has 0 aliphatic rings. The minimum atomic E-state index is -0.799. The molecule has 0 heterocycles. The Morgan fingerprint density at radius 2 is 1.36 bits per heavy atom. The summed E-state index contributed by atoms with van der Waals surface area (Å²) in [6, 6.07) is 26.7. The summed E-state index contributed by atoms with van der Waals surface area (Å²) < 4.78 is 0. The van der Waals surface area contributed by atoms with Gasteiger partial charge in [-0.25, -0.2) is 0 Å². The third-order valence-corrected chi connectivity index (χ3v) is 4.06. The van der Waals surface area contributed by atoms with Crippen LogP contribution in [0.15, 0.2) is 91.0 Å². The fraction of sp³-hybridized carbons (Fsp3) is 0.0833. The molecular formula is C24H20N2O2. The zero-order valence-electron chi connectivity index (χ0n) is 15.3. The summed E-state index contributed by atoms with van der Waals surface area (Å²) >= 11 is 0. The molecule has 0 spiro atoms. The number of carbonyl (C=O) groups is 2. The van der Waals surface area contributed by atoms with Crippen molar-refractivity contribution in [2.75, 3.05) is 6.54 Å². The van der Waals surface area contributed by atoms with Gasteiger partial charge in [-0.3, -0.25) is 9.59 Å². The second kappa shape index (κ2) is 9.75. The molecule has 3 rings (SSSR count). The van der Waals surface area contributed by atoms with E-state index < -0.39 is 6.04 Å². The lowest BCUT2D eigenvalue weighted by Crippen LogP contribution is -2.40. The van der Waals surface area contributed by atoms with Crippen LogP contribution in [-0.4, -0.2) is 18.4 Å². The van der Waals surface area contributed by atoms with Gasteiger partial charge in [0.15, 0.2) is 0 Å². The van der Waals surface area contributed by atoms with Crippen molar-refractivity contribution in [3.05, 3.63) is 108 Å². The lowest BCUT2D eigenvalue weighted by molar-refractivity contribution is -0.122. The van der Waals surface area contributed by atoms with Gasteiger partial charge in [-0.1, -0.05) is 78.6 Å². The molecule has 0 radical (unpaired) electrons. The monoisotopic (exact) mass is 368 g/mol. The second-order valence-corrected chi connectivity index (χ2v) is 6.07. The maximum Gasteiger partial charge on any atom is 0.252 e. The van der Waals surface area contributed by atoms with Gasteiger partial charge in [-0.2, -0.15) is 0 Å².